The molecule has 0 aliphatic heterocycles. The molecule has 0 saturated heterocycles. The molecule has 1 unspecified atom stereocenters. The molecule has 0 radical (unpaired) electrons. The number of nitrogens with zero attached hydrogens (tertiary/aromatic N) is 1. The molecule has 0 saturated carbocycles. The molecule has 1 heteroatoms. The molecule has 0 aliphatic carbocycles. The lowest BCUT2D eigenvalue weighted by Crippen LogP contribution is -2.22. The highest BCUT2D eigenvalue weighted by atomic mass is 15.1. The maximum absolute atomic E-state index is 2.35. The van der Waals surface area contributed by atoms with Crippen molar-refractivity contribution in [1.82, 2.24) is 4.90 Å². The molecular weight excluding hydrogens is 158 g/mol. The van der Waals surface area contributed by atoms with Crippen LogP contribution in [0.5, 0.6) is 0 Å². The van der Waals surface area contributed by atoms with E-state index in [0.29, 0.717) is 6.04 Å². The molecule has 1 aromatic rings. The first-order valence-electron chi connectivity index (χ1n) is 4.92. The molecule has 1 nitrogen and oxygen atoms in total. The van der Waals surface area contributed by atoms with Gasteiger partial charge in [-0.2, -0.15) is 0 Å². The monoisotopic (exact) mass is 177 g/mol. The number of aryl methyl sites for hydroxylation is 1. The van der Waals surface area contributed by atoms with Crippen LogP contribution in [0.3, 0.4) is 0 Å². The van der Waals surface area contributed by atoms with Crippen LogP contribution < -0.4 is 0 Å². The Labute approximate surface area is 81.4 Å². The third-order valence-corrected chi connectivity index (χ3v) is 2.80. The summed E-state index contributed by atoms with van der Waals surface area (Å²) in [7, 11) is 2.16. The van der Waals surface area contributed by atoms with Gasteiger partial charge >= 0.3 is 0 Å². The van der Waals surface area contributed by atoms with Crippen LogP contribution in [0, 0.1) is 6.92 Å². The third kappa shape index (κ3) is 2.31. The molecule has 0 heterocycles. The summed E-state index contributed by atoms with van der Waals surface area (Å²) in [4.78, 5) is 2.35. The summed E-state index contributed by atoms with van der Waals surface area (Å²) < 4.78 is 0. The Kier molecular flexibility index (Phi) is 3.49. The maximum Gasteiger partial charge on any atom is 0.0319 e. The predicted octanol–water partition coefficient (Wildman–Crippen LogP) is 3.01. The van der Waals surface area contributed by atoms with E-state index < -0.39 is 0 Å². The lowest BCUT2D eigenvalue weighted by molar-refractivity contribution is 0.275. The van der Waals surface area contributed by atoms with Crippen molar-refractivity contribution in [1.29, 1.82) is 0 Å². The second-order valence-electron chi connectivity index (χ2n) is 3.61. The first-order chi connectivity index (χ1) is 6.16. The second-order valence-corrected chi connectivity index (χ2v) is 3.61. The molecule has 0 N–H and O–H groups in total. The van der Waals surface area contributed by atoms with Crippen LogP contribution in [0.1, 0.15) is 31.0 Å². The van der Waals surface area contributed by atoms with Crippen molar-refractivity contribution >= 4 is 0 Å². The number of rotatable bonds is 3. The molecule has 1 aromatic carbocycles. The van der Waals surface area contributed by atoms with Crippen molar-refractivity contribution < 1.29 is 0 Å². The van der Waals surface area contributed by atoms with Gasteiger partial charge in [-0.25, -0.2) is 0 Å². The number of hydrogen-bond donors (Lipinski definition) is 0. The van der Waals surface area contributed by atoms with Gasteiger partial charge in [-0.1, -0.05) is 31.2 Å². The smallest absolute Gasteiger partial charge is 0.0319 e. The normalized spacial score (nSPS) is 13.3. The minimum Gasteiger partial charge on any atom is -0.300 e. The topological polar surface area (TPSA) is 3.24 Å². The van der Waals surface area contributed by atoms with Gasteiger partial charge < -0.3 is 0 Å². The SMILES string of the molecule is CCN(C)C(C)c1ccccc1C. The Bertz CT molecular complexity index is 268. The van der Waals surface area contributed by atoms with Crippen molar-refractivity contribution in [3.63, 3.8) is 0 Å². The van der Waals surface area contributed by atoms with Crippen molar-refractivity contribution in [3.05, 3.63) is 35.4 Å². The summed E-state index contributed by atoms with van der Waals surface area (Å²) in [6, 6.07) is 9.12. The fourth-order valence-corrected chi connectivity index (χ4v) is 1.57. The van der Waals surface area contributed by atoms with Gasteiger partial charge in [-0.15, -0.1) is 0 Å². The molecule has 1 atom stereocenters. The molecule has 0 bridgehead atoms. The highest BCUT2D eigenvalue weighted by Gasteiger charge is 2.10. The largest absolute Gasteiger partial charge is 0.300 e. The van der Waals surface area contributed by atoms with E-state index in [1.807, 2.05) is 0 Å². The Balaban J connectivity index is 2.88. The molecule has 0 aromatic heterocycles. The van der Waals surface area contributed by atoms with Crippen molar-refractivity contribution in [2.75, 3.05) is 13.6 Å². The van der Waals surface area contributed by atoms with Gasteiger partial charge in [0.05, 0.1) is 0 Å². The molecule has 1 rings (SSSR count). The molecular formula is C12H19N. The minimum absolute atomic E-state index is 0.520. The van der Waals surface area contributed by atoms with Crippen LogP contribution in [0.25, 0.3) is 0 Å². The van der Waals surface area contributed by atoms with Crippen LogP contribution in [-0.4, -0.2) is 18.5 Å². The quantitative estimate of drug-likeness (QED) is 0.686. The van der Waals surface area contributed by atoms with E-state index in [4.69, 9.17) is 0 Å². The second kappa shape index (κ2) is 4.43. The lowest BCUT2D eigenvalue weighted by Gasteiger charge is -2.24. The van der Waals surface area contributed by atoms with E-state index >= 15 is 0 Å². The molecule has 13 heavy (non-hydrogen) atoms. The molecule has 0 spiro atoms. The van der Waals surface area contributed by atoms with Crippen LogP contribution >= 0.6 is 0 Å². The molecule has 72 valence electrons. The van der Waals surface area contributed by atoms with Crippen LogP contribution in [-0.2, 0) is 0 Å². The Hall–Kier alpha value is -0.820. The van der Waals surface area contributed by atoms with Crippen molar-refractivity contribution in [3.8, 4) is 0 Å². The van der Waals surface area contributed by atoms with E-state index in [-0.39, 0.29) is 0 Å². The Morgan fingerprint density at radius 1 is 1.31 bits per heavy atom. The van der Waals surface area contributed by atoms with Gasteiger partial charge in [0.25, 0.3) is 0 Å². The zero-order valence-electron chi connectivity index (χ0n) is 9.04. The summed E-state index contributed by atoms with van der Waals surface area (Å²) in [5, 5.41) is 0. The summed E-state index contributed by atoms with van der Waals surface area (Å²) in [6.07, 6.45) is 0. The summed E-state index contributed by atoms with van der Waals surface area (Å²) in [6.45, 7) is 7.71. The summed E-state index contributed by atoms with van der Waals surface area (Å²) in [5.41, 5.74) is 2.82. The predicted molar refractivity (Wildman–Crippen MR) is 57.9 cm³/mol. The Morgan fingerprint density at radius 2 is 1.92 bits per heavy atom. The van der Waals surface area contributed by atoms with Crippen molar-refractivity contribution in [2.45, 2.75) is 26.8 Å². The van der Waals surface area contributed by atoms with E-state index in [1.165, 1.54) is 11.1 Å². The van der Waals surface area contributed by atoms with Gasteiger partial charge in [0.1, 0.15) is 0 Å². The van der Waals surface area contributed by atoms with Gasteiger partial charge in [0.15, 0.2) is 0 Å². The van der Waals surface area contributed by atoms with E-state index in [9.17, 15) is 0 Å². The standard InChI is InChI=1S/C12H19N/c1-5-13(4)11(3)12-9-7-6-8-10(12)2/h6-9,11H,5H2,1-4H3. The molecule has 0 amide bonds. The van der Waals surface area contributed by atoms with Crippen molar-refractivity contribution in [2.24, 2.45) is 0 Å². The van der Waals surface area contributed by atoms with Gasteiger partial charge in [-0.3, -0.25) is 4.90 Å². The minimum atomic E-state index is 0.520. The van der Waals surface area contributed by atoms with Gasteiger partial charge in [-0.05, 0) is 38.6 Å². The maximum atomic E-state index is 2.35. The zero-order valence-corrected chi connectivity index (χ0v) is 9.04. The first-order valence-corrected chi connectivity index (χ1v) is 4.92. The highest BCUT2D eigenvalue weighted by Crippen LogP contribution is 2.21. The van der Waals surface area contributed by atoms with E-state index in [0.717, 1.165) is 6.54 Å². The third-order valence-electron chi connectivity index (χ3n) is 2.80. The average Bonchev–Trinajstić information content (AvgIpc) is 2.16. The summed E-state index contributed by atoms with van der Waals surface area (Å²) >= 11 is 0. The average molecular weight is 177 g/mol. The molecule has 0 fully saturated rings. The van der Waals surface area contributed by atoms with Crippen LogP contribution in [0.15, 0.2) is 24.3 Å². The first kappa shape index (κ1) is 10.3. The van der Waals surface area contributed by atoms with Crippen LogP contribution in [0.2, 0.25) is 0 Å². The number of hydrogen-bond acceptors (Lipinski definition) is 1. The highest BCUT2D eigenvalue weighted by molar-refractivity contribution is 5.28. The lowest BCUT2D eigenvalue weighted by atomic mass is 10.0. The zero-order chi connectivity index (χ0) is 9.84. The fourth-order valence-electron chi connectivity index (χ4n) is 1.57. The van der Waals surface area contributed by atoms with E-state index in [1.54, 1.807) is 0 Å². The molecule has 0 aliphatic rings. The van der Waals surface area contributed by atoms with Gasteiger partial charge in [0, 0.05) is 6.04 Å². The number of benzene rings is 1. The Morgan fingerprint density at radius 3 is 2.46 bits per heavy atom. The summed E-state index contributed by atoms with van der Waals surface area (Å²) in [5.74, 6) is 0. The fraction of sp³-hybridized carbons (Fsp3) is 0.500. The van der Waals surface area contributed by atoms with E-state index in [2.05, 4.69) is 57.0 Å². The van der Waals surface area contributed by atoms with Crippen LogP contribution in [0.4, 0.5) is 0 Å². The van der Waals surface area contributed by atoms with Gasteiger partial charge in [0.2, 0.25) is 0 Å².